The average molecular weight is 277 g/mol. The minimum atomic E-state index is -0.412. The molecule has 2 atom stereocenters. The van der Waals surface area contributed by atoms with Gasteiger partial charge in [0.05, 0.1) is 0 Å². The van der Waals surface area contributed by atoms with Gasteiger partial charge in [0.1, 0.15) is 5.60 Å². The van der Waals surface area contributed by atoms with Crippen LogP contribution in [0.25, 0.3) is 0 Å². The van der Waals surface area contributed by atoms with Crippen molar-refractivity contribution in [2.24, 2.45) is 11.3 Å². The molecule has 5 heteroatoms. The lowest BCUT2D eigenvalue weighted by molar-refractivity contribution is 0.0497. The third-order valence-electron chi connectivity index (χ3n) is 3.94. The van der Waals surface area contributed by atoms with E-state index in [1.54, 1.807) is 0 Å². The van der Waals surface area contributed by atoms with Crippen molar-refractivity contribution in [3.63, 3.8) is 0 Å². The van der Waals surface area contributed by atoms with Gasteiger partial charge in [0, 0.05) is 18.5 Å². The van der Waals surface area contributed by atoms with E-state index in [1.165, 1.54) is 19.3 Å². The van der Waals surface area contributed by atoms with E-state index < -0.39 is 5.60 Å². The highest BCUT2D eigenvalue weighted by Gasteiger charge is 2.46. The van der Waals surface area contributed by atoms with Crippen molar-refractivity contribution in [2.75, 3.05) is 19.6 Å². The lowest BCUT2D eigenvalue weighted by Gasteiger charge is -2.29. The number of carbonyl (C=O) groups is 1. The molecule has 0 radical (unpaired) electrons. The Balaban J connectivity index is 0.00000162. The number of carbonyl (C=O) groups excluding carboxylic acids is 1. The van der Waals surface area contributed by atoms with E-state index in [9.17, 15) is 4.79 Å². The van der Waals surface area contributed by atoms with Crippen LogP contribution in [0.1, 0.15) is 40.0 Å². The predicted octanol–water partition coefficient (Wildman–Crippen LogP) is 2.32. The predicted molar refractivity (Wildman–Crippen MR) is 74.1 cm³/mol. The van der Waals surface area contributed by atoms with Crippen LogP contribution in [0.5, 0.6) is 0 Å². The zero-order valence-electron chi connectivity index (χ0n) is 11.5. The van der Waals surface area contributed by atoms with Gasteiger partial charge in [-0.15, -0.1) is 12.4 Å². The first kappa shape index (κ1) is 15.6. The monoisotopic (exact) mass is 276 g/mol. The number of hydrogen-bond acceptors (Lipinski definition) is 3. The largest absolute Gasteiger partial charge is 0.444 e. The van der Waals surface area contributed by atoms with Crippen molar-refractivity contribution in [1.29, 1.82) is 0 Å². The zero-order valence-corrected chi connectivity index (χ0v) is 12.4. The number of halogens is 1. The van der Waals surface area contributed by atoms with Gasteiger partial charge in [0.15, 0.2) is 0 Å². The molecule has 0 bridgehead atoms. The van der Waals surface area contributed by atoms with Crippen LogP contribution in [-0.2, 0) is 4.74 Å². The maximum Gasteiger partial charge on any atom is 0.407 e. The molecule has 0 aromatic heterocycles. The second-order valence-electron chi connectivity index (χ2n) is 6.44. The maximum absolute atomic E-state index is 11.6. The summed E-state index contributed by atoms with van der Waals surface area (Å²) in [4.78, 5) is 11.6. The van der Waals surface area contributed by atoms with Crippen LogP contribution >= 0.6 is 12.4 Å². The molecule has 0 spiro atoms. The maximum atomic E-state index is 11.6. The van der Waals surface area contributed by atoms with Gasteiger partial charge < -0.3 is 15.4 Å². The van der Waals surface area contributed by atoms with E-state index in [-0.39, 0.29) is 23.9 Å². The minimum Gasteiger partial charge on any atom is -0.444 e. The van der Waals surface area contributed by atoms with Crippen molar-refractivity contribution < 1.29 is 9.53 Å². The third kappa shape index (κ3) is 3.51. The number of nitrogens with one attached hydrogen (secondary N) is 2. The Labute approximate surface area is 116 Å². The molecule has 0 aromatic rings. The Kier molecular flexibility index (Phi) is 4.90. The Morgan fingerprint density at radius 3 is 2.89 bits per heavy atom. The number of fused-ring (bicyclic) bond motifs is 1. The molecule has 2 aliphatic rings. The summed E-state index contributed by atoms with van der Waals surface area (Å²) in [6.07, 6.45) is 3.52. The van der Waals surface area contributed by atoms with Gasteiger partial charge in [-0.25, -0.2) is 4.79 Å². The summed E-state index contributed by atoms with van der Waals surface area (Å²) in [5.74, 6) is 0.734. The molecular formula is C13H25ClN2O2. The van der Waals surface area contributed by atoms with E-state index in [4.69, 9.17) is 4.74 Å². The van der Waals surface area contributed by atoms with Gasteiger partial charge in [0.25, 0.3) is 0 Å². The second kappa shape index (κ2) is 5.66. The van der Waals surface area contributed by atoms with Gasteiger partial charge in [-0.3, -0.25) is 0 Å². The summed E-state index contributed by atoms with van der Waals surface area (Å²) in [6.45, 7) is 8.56. The van der Waals surface area contributed by atoms with E-state index in [0.717, 1.165) is 25.6 Å². The lowest BCUT2D eigenvalue weighted by Crippen LogP contribution is -2.42. The van der Waals surface area contributed by atoms with Crippen molar-refractivity contribution >= 4 is 18.5 Å². The molecule has 1 aliphatic carbocycles. The highest BCUT2D eigenvalue weighted by atomic mass is 35.5. The van der Waals surface area contributed by atoms with E-state index in [2.05, 4.69) is 10.6 Å². The molecule has 2 fully saturated rings. The Morgan fingerprint density at radius 2 is 2.22 bits per heavy atom. The molecule has 1 heterocycles. The standard InChI is InChI=1S/C13H24N2O2.ClH/c1-12(2,3)17-11(16)15-9-13-6-4-5-10(13)7-14-8-13;/h10,14H,4-9H2,1-3H3,(H,15,16);1H. The number of hydrogen-bond donors (Lipinski definition) is 2. The summed E-state index contributed by atoms with van der Waals surface area (Å²) >= 11 is 0. The molecule has 2 unspecified atom stereocenters. The molecule has 1 aliphatic heterocycles. The van der Waals surface area contributed by atoms with E-state index in [1.807, 2.05) is 20.8 Å². The number of rotatable bonds is 2. The fourth-order valence-electron chi connectivity index (χ4n) is 3.12. The Hall–Kier alpha value is -0.480. The van der Waals surface area contributed by atoms with Crippen LogP contribution in [0.4, 0.5) is 4.79 Å². The molecule has 1 saturated heterocycles. The Morgan fingerprint density at radius 1 is 1.50 bits per heavy atom. The molecular weight excluding hydrogens is 252 g/mol. The molecule has 4 nitrogen and oxygen atoms in total. The first-order valence-corrected chi connectivity index (χ1v) is 6.59. The van der Waals surface area contributed by atoms with Gasteiger partial charge in [-0.05, 0) is 46.1 Å². The minimum absolute atomic E-state index is 0. The molecule has 1 saturated carbocycles. The number of alkyl carbamates (subject to hydrolysis) is 1. The topological polar surface area (TPSA) is 50.4 Å². The van der Waals surface area contributed by atoms with Gasteiger partial charge in [-0.2, -0.15) is 0 Å². The van der Waals surface area contributed by atoms with Crippen LogP contribution in [-0.4, -0.2) is 31.3 Å². The zero-order chi connectivity index (χ0) is 12.5. The van der Waals surface area contributed by atoms with Gasteiger partial charge >= 0.3 is 6.09 Å². The fraction of sp³-hybridized carbons (Fsp3) is 0.923. The molecule has 0 aromatic carbocycles. The summed E-state index contributed by atoms with van der Waals surface area (Å²) in [5, 5.41) is 6.39. The van der Waals surface area contributed by atoms with Crippen LogP contribution in [0.2, 0.25) is 0 Å². The summed E-state index contributed by atoms with van der Waals surface area (Å²) in [6, 6.07) is 0. The van der Waals surface area contributed by atoms with E-state index >= 15 is 0 Å². The molecule has 106 valence electrons. The summed E-state index contributed by atoms with van der Waals surface area (Å²) in [5.41, 5.74) is -0.123. The smallest absolute Gasteiger partial charge is 0.407 e. The lowest BCUT2D eigenvalue weighted by atomic mass is 9.81. The van der Waals surface area contributed by atoms with Crippen molar-refractivity contribution in [3.8, 4) is 0 Å². The Bertz CT molecular complexity index is 292. The molecule has 2 rings (SSSR count). The summed E-state index contributed by atoms with van der Waals surface area (Å²) < 4.78 is 5.27. The van der Waals surface area contributed by atoms with Crippen LogP contribution in [0, 0.1) is 11.3 Å². The van der Waals surface area contributed by atoms with Crippen molar-refractivity contribution in [1.82, 2.24) is 10.6 Å². The first-order chi connectivity index (χ1) is 7.91. The fourth-order valence-corrected chi connectivity index (χ4v) is 3.12. The van der Waals surface area contributed by atoms with Crippen LogP contribution in [0.3, 0.4) is 0 Å². The quantitative estimate of drug-likeness (QED) is 0.814. The summed E-state index contributed by atoms with van der Waals surface area (Å²) in [7, 11) is 0. The van der Waals surface area contributed by atoms with Gasteiger partial charge in [0.2, 0.25) is 0 Å². The third-order valence-corrected chi connectivity index (χ3v) is 3.94. The first-order valence-electron chi connectivity index (χ1n) is 6.59. The van der Waals surface area contributed by atoms with Gasteiger partial charge in [-0.1, -0.05) is 6.42 Å². The van der Waals surface area contributed by atoms with E-state index in [0.29, 0.717) is 0 Å². The normalized spacial score (nSPS) is 30.5. The average Bonchev–Trinajstić information content (AvgIpc) is 2.69. The van der Waals surface area contributed by atoms with Crippen LogP contribution < -0.4 is 10.6 Å². The molecule has 2 N–H and O–H groups in total. The second-order valence-corrected chi connectivity index (χ2v) is 6.44. The van der Waals surface area contributed by atoms with Crippen molar-refractivity contribution in [2.45, 2.75) is 45.6 Å². The highest BCUT2D eigenvalue weighted by Crippen LogP contribution is 2.45. The van der Waals surface area contributed by atoms with Crippen LogP contribution in [0.15, 0.2) is 0 Å². The number of amides is 1. The SMILES string of the molecule is CC(C)(C)OC(=O)NCC12CCCC1CNC2.Cl. The molecule has 1 amide bonds. The highest BCUT2D eigenvalue weighted by molar-refractivity contribution is 5.85. The number of ether oxygens (including phenoxy) is 1. The molecule has 18 heavy (non-hydrogen) atoms. The van der Waals surface area contributed by atoms with Crippen molar-refractivity contribution in [3.05, 3.63) is 0 Å².